The van der Waals surface area contributed by atoms with Gasteiger partial charge in [-0.1, -0.05) is 0 Å². The zero-order chi connectivity index (χ0) is 16.5. The SMILES string of the molecule is CN(C)c1cc2c(cc1N)CCN(C(=O)OC(C)(C)C)CC2. The van der Waals surface area contributed by atoms with E-state index in [4.69, 9.17) is 10.5 Å². The number of nitrogens with two attached hydrogens (primary N) is 1. The van der Waals surface area contributed by atoms with Gasteiger partial charge in [0.2, 0.25) is 0 Å². The Bertz CT molecular complexity index is 562. The highest BCUT2D eigenvalue weighted by Crippen LogP contribution is 2.28. The number of nitrogens with zero attached hydrogens (tertiary/aromatic N) is 2. The van der Waals surface area contributed by atoms with Gasteiger partial charge in [0, 0.05) is 27.2 Å². The van der Waals surface area contributed by atoms with Crippen LogP contribution < -0.4 is 10.6 Å². The smallest absolute Gasteiger partial charge is 0.410 e. The third kappa shape index (κ3) is 3.84. The molecular formula is C17H27N3O2. The molecule has 0 unspecified atom stereocenters. The standard InChI is InChI=1S/C17H27N3O2/c1-17(2,3)22-16(21)20-8-6-12-10-14(18)15(19(4)5)11-13(12)7-9-20/h10-11H,6-9,18H2,1-5H3. The largest absolute Gasteiger partial charge is 0.444 e. The van der Waals surface area contributed by atoms with E-state index in [2.05, 4.69) is 6.07 Å². The molecule has 0 aromatic heterocycles. The summed E-state index contributed by atoms with van der Waals surface area (Å²) in [5.41, 5.74) is 9.98. The lowest BCUT2D eigenvalue weighted by Crippen LogP contribution is -2.38. The number of anilines is 2. The predicted octanol–water partition coefficient (Wildman–Crippen LogP) is 2.67. The fourth-order valence-electron chi connectivity index (χ4n) is 2.68. The molecule has 0 saturated carbocycles. The molecule has 1 heterocycles. The van der Waals surface area contributed by atoms with Crippen molar-refractivity contribution in [2.24, 2.45) is 0 Å². The third-order valence-electron chi connectivity index (χ3n) is 3.78. The number of hydrogen-bond donors (Lipinski definition) is 1. The Morgan fingerprint density at radius 1 is 1.18 bits per heavy atom. The quantitative estimate of drug-likeness (QED) is 0.810. The van der Waals surface area contributed by atoms with Crippen LogP contribution >= 0.6 is 0 Å². The van der Waals surface area contributed by atoms with E-state index in [1.165, 1.54) is 11.1 Å². The van der Waals surface area contributed by atoms with Gasteiger partial charge >= 0.3 is 6.09 Å². The fraction of sp³-hybridized carbons (Fsp3) is 0.588. The first-order valence-electron chi connectivity index (χ1n) is 7.74. The highest BCUT2D eigenvalue weighted by molar-refractivity contribution is 5.71. The van der Waals surface area contributed by atoms with Gasteiger partial charge in [-0.25, -0.2) is 4.79 Å². The Hall–Kier alpha value is -1.91. The van der Waals surface area contributed by atoms with Crippen LogP contribution in [0.2, 0.25) is 0 Å². The first kappa shape index (κ1) is 16.5. The molecule has 1 aliphatic rings. The summed E-state index contributed by atoms with van der Waals surface area (Å²) in [7, 11) is 3.98. The Kier molecular flexibility index (Phi) is 4.54. The summed E-state index contributed by atoms with van der Waals surface area (Å²) in [6.45, 7) is 7.02. The van der Waals surface area contributed by atoms with Gasteiger partial charge in [-0.2, -0.15) is 0 Å². The van der Waals surface area contributed by atoms with Crippen molar-refractivity contribution in [3.8, 4) is 0 Å². The molecule has 5 heteroatoms. The highest BCUT2D eigenvalue weighted by Gasteiger charge is 2.24. The maximum Gasteiger partial charge on any atom is 0.410 e. The van der Waals surface area contributed by atoms with Gasteiger partial charge in [-0.3, -0.25) is 0 Å². The zero-order valence-electron chi connectivity index (χ0n) is 14.3. The highest BCUT2D eigenvalue weighted by atomic mass is 16.6. The Morgan fingerprint density at radius 3 is 2.23 bits per heavy atom. The monoisotopic (exact) mass is 305 g/mol. The van der Waals surface area contributed by atoms with Gasteiger partial charge in [0.05, 0.1) is 11.4 Å². The lowest BCUT2D eigenvalue weighted by Gasteiger charge is -2.26. The molecule has 0 spiro atoms. The number of carbonyl (C=O) groups excluding carboxylic acids is 1. The molecule has 5 nitrogen and oxygen atoms in total. The van der Waals surface area contributed by atoms with E-state index in [-0.39, 0.29) is 6.09 Å². The average Bonchev–Trinajstić information content (AvgIpc) is 2.57. The van der Waals surface area contributed by atoms with E-state index in [1.54, 1.807) is 4.90 Å². The summed E-state index contributed by atoms with van der Waals surface area (Å²) in [4.78, 5) is 16.0. The van der Waals surface area contributed by atoms with Crippen molar-refractivity contribution in [3.63, 3.8) is 0 Å². The minimum absolute atomic E-state index is 0.235. The van der Waals surface area contributed by atoms with Gasteiger partial charge in [-0.15, -0.1) is 0 Å². The Balaban J connectivity index is 2.15. The number of benzene rings is 1. The van der Waals surface area contributed by atoms with Crippen molar-refractivity contribution < 1.29 is 9.53 Å². The molecule has 22 heavy (non-hydrogen) atoms. The van der Waals surface area contributed by atoms with Crippen molar-refractivity contribution in [3.05, 3.63) is 23.3 Å². The van der Waals surface area contributed by atoms with E-state index in [0.29, 0.717) is 13.1 Å². The minimum atomic E-state index is -0.460. The van der Waals surface area contributed by atoms with Gasteiger partial charge in [0.1, 0.15) is 5.60 Å². The molecular weight excluding hydrogens is 278 g/mol. The summed E-state index contributed by atoms with van der Waals surface area (Å²) in [6.07, 6.45) is 1.41. The van der Waals surface area contributed by atoms with Crippen molar-refractivity contribution >= 4 is 17.5 Å². The lowest BCUT2D eigenvalue weighted by molar-refractivity contribution is 0.0258. The molecule has 0 fully saturated rings. The van der Waals surface area contributed by atoms with Crippen LogP contribution in [0.3, 0.4) is 0 Å². The van der Waals surface area contributed by atoms with Crippen LogP contribution in [-0.4, -0.2) is 43.8 Å². The summed E-state index contributed by atoms with van der Waals surface area (Å²) in [5.74, 6) is 0. The van der Waals surface area contributed by atoms with E-state index in [9.17, 15) is 4.79 Å². The number of ether oxygens (including phenoxy) is 1. The van der Waals surface area contributed by atoms with E-state index >= 15 is 0 Å². The van der Waals surface area contributed by atoms with Crippen molar-refractivity contribution in [1.82, 2.24) is 4.90 Å². The lowest BCUT2D eigenvalue weighted by atomic mass is 10.0. The summed E-state index contributed by atoms with van der Waals surface area (Å²) >= 11 is 0. The number of fused-ring (bicyclic) bond motifs is 1. The number of carbonyl (C=O) groups is 1. The van der Waals surface area contributed by atoms with Crippen LogP contribution in [0.25, 0.3) is 0 Å². The van der Waals surface area contributed by atoms with Gasteiger partial charge < -0.3 is 20.3 Å². The van der Waals surface area contributed by atoms with Crippen molar-refractivity contribution in [1.29, 1.82) is 0 Å². The minimum Gasteiger partial charge on any atom is -0.444 e. The predicted molar refractivity (Wildman–Crippen MR) is 90.4 cm³/mol. The number of amides is 1. The second-order valence-electron chi connectivity index (χ2n) is 7.04. The summed E-state index contributed by atoms with van der Waals surface area (Å²) < 4.78 is 5.47. The van der Waals surface area contributed by atoms with Crippen molar-refractivity contribution in [2.45, 2.75) is 39.2 Å². The summed E-state index contributed by atoms with van der Waals surface area (Å²) in [5, 5.41) is 0. The summed E-state index contributed by atoms with van der Waals surface area (Å²) in [6, 6.07) is 4.19. The molecule has 0 bridgehead atoms. The molecule has 0 radical (unpaired) electrons. The molecule has 122 valence electrons. The van der Waals surface area contributed by atoms with E-state index in [1.807, 2.05) is 45.8 Å². The maximum absolute atomic E-state index is 12.2. The molecule has 1 aliphatic heterocycles. The van der Waals surface area contributed by atoms with Crippen LogP contribution in [0.5, 0.6) is 0 Å². The van der Waals surface area contributed by atoms with Crippen LogP contribution in [-0.2, 0) is 17.6 Å². The molecule has 1 amide bonds. The van der Waals surface area contributed by atoms with Gasteiger partial charge in [-0.05, 0) is 56.9 Å². The first-order chi connectivity index (χ1) is 10.2. The maximum atomic E-state index is 12.2. The van der Waals surface area contributed by atoms with Gasteiger partial charge in [0.15, 0.2) is 0 Å². The second kappa shape index (κ2) is 6.07. The second-order valence-corrected chi connectivity index (χ2v) is 7.04. The number of nitrogen functional groups attached to an aromatic ring is 1. The topological polar surface area (TPSA) is 58.8 Å². The van der Waals surface area contributed by atoms with Crippen LogP contribution in [0.1, 0.15) is 31.9 Å². The molecule has 1 aromatic carbocycles. The number of hydrogen-bond acceptors (Lipinski definition) is 4. The van der Waals surface area contributed by atoms with Gasteiger partial charge in [0.25, 0.3) is 0 Å². The van der Waals surface area contributed by atoms with Crippen molar-refractivity contribution in [2.75, 3.05) is 37.8 Å². The molecule has 0 atom stereocenters. The van der Waals surface area contributed by atoms with Crippen LogP contribution in [0.4, 0.5) is 16.2 Å². The molecule has 2 N–H and O–H groups in total. The molecule has 1 aromatic rings. The van der Waals surface area contributed by atoms with Crippen LogP contribution in [0.15, 0.2) is 12.1 Å². The average molecular weight is 305 g/mol. The van der Waals surface area contributed by atoms with Crippen LogP contribution in [0, 0.1) is 0 Å². The molecule has 0 aliphatic carbocycles. The Labute approximate surface area is 133 Å². The Morgan fingerprint density at radius 2 is 1.73 bits per heavy atom. The normalized spacial score (nSPS) is 15.0. The zero-order valence-corrected chi connectivity index (χ0v) is 14.3. The van der Waals surface area contributed by atoms with E-state index < -0.39 is 5.60 Å². The number of rotatable bonds is 1. The first-order valence-corrected chi connectivity index (χ1v) is 7.74. The fourth-order valence-corrected chi connectivity index (χ4v) is 2.68. The van der Waals surface area contributed by atoms with E-state index in [0.717, 1.165) is 24.2 Å². The molecule has 2 rings (SSSR count). The third-order valence-corrected chi connectivity index (χ3v) is 3.78. The molecule has 0 saturated heterocycles.